The first-order valence-electron chi connectivity index (χ1n) is 10.1. The lowest BCUT2D eigenvalue weighted by Crippen LogP contribution is -2.65. The lowest BCUT2D eigenvalue weighted by Gasteiger charge is -2.47. The van der Waals surface area contributed by atoms with Gasteiger partial charge in [-0.15, -0.1) is 0 Å². The maximum Gasteiger partial charge on any atom is 0.397 e. The molecule has 17 heteroatoms. The maximum absolute atomic E-state index is 11.7. The summed E-state index contributed by atoms with van der Waals surface area (Å²) in [5.41, 5.74) is 0.570. The molecule has 6 atom stereocenters. The van der Waals surface area contributed by atoms with Gasteiger partial charge < -0.3 is 36.0 Å². The van der Waals surface area contributed by atoms with Crippen LogP contribution in [0.15, 0.2) is 54.6 Å². The van der Waals surface area contributed by atoms with Crippen LogP contribution in [0.4, 0.5) is 0 Å². The standard InChI is InChI=1S/C20H22O13S2.2H3N/c1-27-13-7-9-14(10-8-13)29-20-18(33-35(24,25)26)17(32-34(21,22)23)16-15(30-20)11-28-19(31-16)12-5-3-2-4-6-12;;/h2-10,15-20H,11H2,1H3,(H,21,22,23)(H,24,25,26);2*1H3/t15-,16-,17+,18-,19-,20-;;/m1../s1. The molecule has 0 radical (unpaired) electrons. The number of ether oxygens (including phenoxy) is 5. The third-order valence-electron chi connectivity index (χ3n) is 5.13. The van der Waals surface area contributed by atoms with Crippen LogP contribution < -0.4 is 21.8 Å². The van der Waals surface area contributed by atoms with Gasteiger partial charge in [-0.1, -0.05) is 30.3 Å². The van der Waals surface area contributed by atoms with Crippen molar-refractivity contribution < 1.29 is 58.0 Å². The first-order chi connectivity index (χ1) is 16.5. The summed E-state index contributed by atoms with van der Waals surface area (Å²) in [6.07, 6.45) is -8.75. The summed E-state index contributed by atoms with van der Waals surface area (Å²) < 4.78 is 103. The smallest absolute Gasteiger partial charge is 0.397 e. The topological polar surface area (TPSA) is 243 Å². The molecule has 8 N–H and O–H groups in total. The summed E-state index contributed by atoms with van der Waals surface area (Å²) in [5.74, 6) is 0.657. The SMILES string of the molecule is COc1ccc(O[C@@H]2O[C@@H]3CO[C@@H](c4ccccc4)O[C@H]3[C@H](OS(=O)(=O)O)[C@H]2OS(=O)(=O)O)cc1.N.N. The molecule has 0 aliphatic carbocycles. The van der Waals surface area contributed by atoms with Gasteiger partial charge in [0.15, 0.2) is 12.4 Å². The zero-order chi connectivity index (χ0) is 25.2. The molecule has 2 saturated heterocycles. The monoisotopic (exact) mass is 568 g/mol. The van der Waals surface area contributed by atoms with Crippen molar-refractivity contribution in [3.63, 3.8) is 0 Å². The van der Waals surface area contributed by atoms with Crippen molar-refractivity contribution in [3.8, 4) is 11.5 Å². The number of rotatable bonds is 8. The molecule has 0 aromatic heterocycles. The number of methoxy groups -OCH3 is 1. The van der Waals surface area contributed by atoms with E-state index in [2.05, 4.69) is 4.18 Å². The number of hydrogen-bond acceptors (Lipinski definition) is 13. The Morgan fingerprint density at radius 1 is 0.811 bits per heavy atom. The van der Waals surface area contributed by atoms with E-state index in [1.54, 1.807) is 42.5 Å². The summed E-state index contributed by atoms with van der Waals surface area (Å²) in [7, 11) is -8.87. The zero-order valence-electron chi connectivity index (χ0n) is 19.5. The molecule has 2 aromatic carbocycles. The predicted molar refractivity (Wildman–Crippen MR) is 125 cm³/mol. The van der Waals surface area contributed by atoms with E-state index >= 15 is 0 Å². The Balaban J connectivity index is 0.00000241. The lowest BCUT2D eigenvalue weighted by molar-refractivity contribution is -0.343. The number of benzene rings is 2. The molecule has 0 spiro atoms. The van der Waals surface area contributed by atoms with Crippen LogP contribution in [-0.2, 0) is 43.4 Å². The summed E-state index contributed by atoms with van der Waals surface area (Å²) in [4.78, 5) is 0. The van der Waals surface area contributed by atoms with Crippen LogP contribution in [-0.4, -0.2) is 70.4 Å². The Kier molecular flexibility index (Phi) is 10.3. The summed E-state index contributed by atoms with van der Waals surface area (Å²) in [6, 6.07) is 14.6. The molecule has 4 rings (SSSR count). The second-order valence-electron chi connectivity index (χ2n) is 7.49. The van der Waals surface area contributed by atoms with Crippen LogP contribution in [0.1, 0.15) is 11.9 Å². The van der Waals surface area contributed by atoms with Gasteiger partial charge in [0.05, 0.1) is 13.7 Å². The third-order valence-corrected chi connectivity index (χ3v) is 6.06. The van der Waals surface area contributed by atoms with E-state index in [1.807, 2.05) is 0 Å². The molecule has 2 aliphatic rings. The second kappa shape index (κ2) is 12.4. The average Bonchev–Trinajstić information content (AvgIpc) is 2.80. The van der Waals surface area contributed by atoms with Crippen molar-refractivity contribution in [2.24, 2.45) is 0 Å². The van der Waals surface area contributed by atoms with Gasteiger partial charge in [-0.05, 0) is 24.3 Å². The van der Waals surface area contributed by atoms with Crippen molar-refractivity contribution in [1.29, 1.82) is 0 Å². The van der Waals surface area contributed by atoms with E-state index in [4.69, 9.17) is 27.9 Å². The van der Waals surface area contributed by atoms with Crippen molar-refractivity contribution >= 4 is 20.8 Å². The van der Waals surface area contributed by atoms with Gasteiger partial charge in [-0.25, -0.2) is 8.37 Å². The van der Waals surface area contributed by atoms with Gasteiger partial charge >= 0.3 is 20.8 Å². The Hall–Kier alpha value is -2.42. The van der Waals surface area contributed by atoms with E-state index < -0.39 is 57.8 Å². The fourth-order valence-corrected chi connectivity index (χ4v) is 4.68. The molecule has 0 amide bonds. The molecule has 2 heterocycles. The zero-order valence-corrected chi connectivity index (χ0v) is 21.1. The predicted octanol–water partition coefficient (Wildman–Crippen LogP) is 1.61. The normalized spacial score (nSPS) is 27.6. The second-order valence-corrected chi connectivity index (χ2v) is 9.59. The third kappa shape index (κ3) is 8.03. The average molecular weight is 569 g/mol. The van der Waals surface area contributed by atoms with Crippen molar-refractivity contribution in [2.75, 3.05) is 13.7 Å². The fraction of sp³-hybridized carbons (Fsp3) is 0.400. The maximum atomic E-state index is 11.7. The van der Waals surface area contributed by atoms with Gasteiger partial charge in [0, 0.05) is 5.56 Å². The first-order valence-corrected chi connectivity index (χ1v) is 12.8. The molecule has 37 heavy (non-hydrogen) atoms. The van der Waals surface area contributed by atoms with Gasteiger partial charge in [-0.3, -0.25) is 9.11 Å². The molecule has 2 aromatic rings. The van der Waals surface area contributed by atoms with E-state index in [0.29, 0.717) is 11.3 Å². The van der Waals surface area contributed by atoms with Gasteiger partial charge in [0.25, 0.3) is 0 Å². The minimum Gasteiger partial charge on any atom is -0.497 e. The Bertz CT molecular complexity index is 1210. The summed E-state index contributed by atoms with van der Waals surface area (Å²) in [5, 5.41) is 0. The van der Waals surface area contributed by atoms with Crippen LogP contribution in [0.25, 0.3) is 0 Å². The molecule has 0 saturated carbocycles. The van der Waals surface area contributed by atoms with Crippen LogP contribution in [0, 0.1) is 0 Å². The van der Waals surface area contributed by atoms with Crippen molar-refractivity contribution in [1.82, 2.24) is 12.3 Å². The Morgan fingerprint density at radius 3 is 1.95 bits per heavy atom. The van der Waals surface area contributed by atoms with E-state index in [-0.39, 0.29) is 24.7 Å². The highest BCUT2D eigenvalue weighted by Gasteiger charge is 2.55. The molecular formula is C20H28N2O13S2. The Morgan fingerprint density at radius 2 is 1.38 bits per heavy atom. The highest BCUT2D eigenvalue weighted by molar-refractivity contribution is 7.81. The minimum atomic E-state index is -5.17. The van der Waals surface area contributed by atoms with Gasteiger partial charge in [0.2, 0.25) is 6.29 Å². The van der Waals surface area contributed by atoms with E-state index in [0.717, 1.165) is 0 Å². The first kappa shape index (κ1) is 30.8. The highest BCUT2D eigenvalue weighted by atomic mass is 32.3. The quantitative estimate of drug-likeness (QED) is 0.330. The number of fused-ring (bicyclic) bond motifs is 1. The van der Waals surface area contributed by atoms with E-state index in [1.165, 1.54) is 19.2 Å². The van der Waals surface area contributed by atoms with Crippen LogP contribution in [0.2, 0.25) is 0 Å². The largest absolute Gasteiger partial charge is 0.497 e. The summed E-state index contributed by atoms with van der Waals surface area (Å²) >= 11 is 0. The van der Waals surface area contributed by atoms with Crippen LogP contribution >= 0.6 is 0 Å². The molecule has 208 valence electrons. The van der Waals surface area contributed by atoms with Crippen molar-refractivity contribution in [3.05, 3.63) is 60.2 Å². The van der Waals surface area contributed by atoms with Crippen molar-refractivity contribution in [2.45, 2.75) is 37.0 Å². The lowest BCUT2D eigenvalue weighted by atomic mass is 9.98. The van der Waals surface area contributed by atoms with Gasteiger partial charge in [-0.2, -0.15) is 16.8 Å². The molecular weight excluding hydrogens is 540 g/mol. The molecule has 0 bridgehead atoms. The highest BCUT2D eigenvalue weighted by Crippen LogP contribution is 2.38. The molecule has 2 aliphatic heterocycles. The molecule has 15 nitrogen and oxygen atoms in total. The minimum absolute atomic E-state index is 0. The molecule has 0 unspecified atom stereocenters. The van der Waals surface area contributed by atoms with Crippen LogP contribution in [0.5, 0.6) is 11.5 Å². The molecule has 2 fully saturated rings. The Labute approximate surface area is 213 Å². The van der Waals surface area contributed by atoms with Gasteiger partial charge in [0.1, 0.15) is 29.8 Å². The van der Waals surface area contributed by atoms with Crippen LogP contribution in [0.3, 0.4) is 0 Å². The fourth-order valence-electron chi connectivity index (χ4n) is 3.70. The summed E-state index contributed by atoms with van der Waals surface area (Å²) in [6.45, 7) is -0.142. The van der Waals surface area contributed by atoms with E-state index in [9.17, 15) is 25.9 Å². The number of hydrogen-bond donors (Lipinski definition) is 4.